The maximum absolute atomic E-state index is 13.3. The van der Waals surface area contributed by atoms with Crippen LogP contribution in [0.1, 0.15) is 22.8 Å². The van der Waals surface area contributed by atoms with Gasteiger partial charge in [0, 0.05) is 17.9 Å². The van der Waals surface area contributed by atoms with Gasteiger partial charge < -0.3 is 20.8 Å². The van der Waals surface area contributed by atoms with Gasteiger partial charge in [-0.3, -0.25) is 14.0 Å². The largest absolute Gasteiger partial charge is 0.508 e. The van der Waals surface area contributed by atoms with Gasteiger partial charge in [-0.05, 0) is 29.8 Å². The highest BCUT2D eigenvalue weighted by molar-refractivity contribution is 5.98. The molecule has 0 spiro atoms. The zero-order valence-corrected chi connectivity index (χ0v) is 15.8. The summed E-state index contributed by atoms with van der Waals surface area (Å²) in [4.78, 5) is 36.6. The first-order chi connectivity index (χ1) is 13.8. The molecule has 0 aromatic heterocycles. The molecule has 0 aliphatic heterocycles. The summed E-state index contributed by atoms with van der Waals surface area (Å²) in [5.41, 5.74) is 0.883. The van der Waals surface area contributed by atoms with Crippen LogP contribution in [0.3, 0.4) is 0 Å². The van der Waals surface area contributed by atoms with E-state index >= 15 is 0 Å². The highest BCUT2D eigenvalue weighted by Gasteiger charge is 2.30. The number of alkyl halides is 1. The number of carboxylic acids is 1. The first-order valence-electron chi connectivity index (χ1n) is 9.04. The lowest BCUT2D eigenvalue weighted by Crippen LogP contribution is -2.55. The van der Waals surface area contributed by atoms with Gasteiger partial charge in [-0.15, -0.1) is 0 Å². The van der Waals surface area contributed by atoms with Crippen molar-refractivity contribution in [2.24, 2.45) is 5.92 Å². The van der Waals surface area contributed by atoms with Gasteiger partial charge in [-0.25, -0.2) is 4.79 Å². The third-order valence-corrected chi connectivity index (χ3v) is 4.41. The van der Waals surface area contributed by atoms with Gasteiger partial charge in [0.05, 0.1) is 6.67 Å². The Morgan fingerprint density at radius 2 is 1.62 bits per heavy atom. The number of aliphatic carboxylic acids is 1. The molecule has 29 heavy (non-hydrogen) atoms. The number of carboxylic acid groups (broad SMARTS) is 1. The monoisotopic (exact) mass is 402 g/mol. The molecule has 2 aromatic rings. The number of hydrogen-bond donors (Lipinski definition) is 4. The minimum absolute atomic E-state index is 0.0325. The van der Waals surface area contributed by atoms with E-state index in [0.29, 0.717) is 11.1 Å². The van der Waals surface area contributed by atoms with Crippen molar-refractivity contribution in [2.75, 3.05) is 6.67 Å². The number of phenolic OH excluding ortho intramolecular Hbond substituents is 1. The van der Waals surface area contributed by atoms with Gasteiger partial charge in [0.15, 0.2) is 0 Å². The van der Waals surface area contributed by atoms with Gasteiger partial charge in [0.2, 0.25) is 5.91 Å². The minimum atomic E-state index is -1.28. The van der Waals surface area contributed by atoms with E-state index in [-0.39, 0.29) is 12.2 Å². The summed E-state index contributed by atoms with van der Waals surface area (Å²) in [6.45, 7) is 0.578. The zero-order valence-electron chi connectivity index (χ0n) is 15.8. The van der Waals surface area contributed by atoms with Crippen LogP contribution in [0, 0.1) is 5.92 Å². The molecule has 154 valence electrons. The first-order valence-corrected chi connectivity index (χ1v) is 9.04. The van der Waals surface area contributed by atoms with E-state index in [9.17, 15) is 29.0 Å². The molecule has 0 fully saturated rings. The second-order valence-corrected chi connectivity index (χ2v) is 6.72. The van der Waals surface area contributed by atoms with Crippen LogP contribution in [-0.4, -0.2) is 46.8 Å². The molecule has 1 unspecified atom stereocenters. The molecule has 0 saturated carbocycles. The van der Waals surface area contributed by atoms with E-state index in [4.69, 9.17) is 0 Å². The van der Waals surface area contributed by atoms with Crippen molar-refractivity contribution in [3.8, 4) is 5.75 Å². The Morgan fingerprint density at radius 1 is 1.00 bits per heavy atom. The summed E-state index contributed by atoms with van der Waals surface area (Å²) in [5.74, 6) is -3.44. The number of nitrogens with one attached hydrogen (secondary N) is 2. The van der Waals surface area contributed by atoms with Crippen molar-refractivity contribution >= 4 is 17.8 Å². The molecule has 2 rings (SSSR count). The maximum atomic E-state index is 13.3. The SMILES string of the molecule is CC(CF)[C@@H](NC(=O)c1ccccc1)C(=O)N[C@@H](Cc1ccc(O)cc1)C(=O)O. The number of halogens is 1. The summed E-state index contributed by atoms with van der Waals surface area (Å²) in [7, 11) is 0. The van der Waals surface area contributed by atoms with Crippen LogP contribution in [0.2, 0.25) is 0 Å². The van der Waals surface area contributed by atoms with Gasteiger partial charge in [-0.1, -0.05) is 37.3 Å². The van der Waals surface area contributed by atoms with Crippen molar-refractivity contribution in [3.63, 3.8) is 0 Å². The molecule has 0 bridgehead atoms. The molecular weight excluding hydrogens is 379 g/mol. The Hall–Kier alpha value is -3.42. The molecule has 0 aliphatic carbocycles. The second kappa shape index (κ2) is 10.2. The molecule has 0 saturated heterocycles. The van der Waals surface area contributed by atoms with Crippen LogP contribution in [0.25, 0.3) is 0 Å². The molecule has 4 N–H and O–H groups in total. The number of carbonyl (C=O) groups excluding carboxylic acids is 2. The summed E-state index contributed by atoms with van der Waals surface area (Å²) >= 11 is 0. The molecule has 2 amide bonds. The normalized spacial score (nSPS) is 13.7. The Labute approximate surface area is 167 Å². The zero-order chi connectivity index (χ0) is 21.4. The van der Waals surface area contributed by atoms with Crippen molar-refractivity contribution in [2.45, 2.75) is 25.4 Å². The fraction of sp³-hybridized carbons (Fsp3) is 0.286. The number of benzene rings is 2. The quantitative estimate of drug-likeness (QED) is 0.511. The Morgan fingerprint density at radius 3 is 2.17 bits per heavy atom. The number of amides is 2. The van der Waals surface area contributed by atoms with Crippen molar-refractivity contribution in [1.29, 1.82) is 0 Å². The third-order valence-electron chi connectivity index (χ3n) is 4.41. The number of carbonyl (C=O) groups is 3. The number of hydrogen-bond acceptors (Lipinski definition) is 4. The van der Waals surface area contributed by atoms with Crippen LogP contribution in [0.5, 0.6) is 5.75 Å². The summed E-state index contributed by atoms with van der Waals surface area (Å²) in [6.07, 6.45) is -0.0370. The van der Waals surface area contributed by atoms with E-state index in [2.05, 4.69) is 10.6 Å². The lowest BCUT2D eigenvalue weighted by Gasteiger charge is -2.24. The van der Waals surface area contributed by atoms with E-state index in [1.807, 2.05) is 0 Å². The van der Waals surface area contributed by atoms with Crippen LogP contribution >= 0.6 is 0 Å². The predicted molar refractivity (Wildman–Crippen MR) is 104 cm³/mol. The van der Waals surface area contributed by atoms with Crippen molar-refractivity contribution < 1.29 is 29.0 Å². The first kappa shape index (κ1) is 21.9. The van der Waals surface area contributed by atoms with E-state index in [0.717, 1.165) is 0 Å². The smallest absolute Gasteiger partial charge is 0.326 e. The second-order valence-electron chi connectivity index (χ2n) is 6.72. The Bertz CT molecular complexity index is 842. The van der Waals surface area contributed by atoms with E-state index in [1.165, 1.54) is 31.2 Å². The van der Waals surface area contributed by atoms with Crippen molar-refractivity contribution in [3.05, 3.63) is 65.7 Å². The Kier molecular flexibility index (Phi) is 7.70. The topological polar surface area (TPSA) is 116 Å². The van der Waals surface area contributed by atoms with Crippen LogP contribution in [0.4, 0.5) is 4.39 Å². The lowest BCUT2D eigenvalue weighted by molar-refractivity contribution is -0.142. The van der Waals surface area contributed by atoms with E-state index in [1.54, 1.807) is 30.3 Å². The van der Waals surface area contributed by atoms with Gasteiger partial charge in [0.25, 0.3) is 5.91 Å². The highest BCUT2D eigenvalue weighted by Crippen LogP contribution is 2.12. The molecule has 0 radical (unpaired) electrons. The lowest BCUT2D eigenvalue weighted by atomic mass is 10.00. The van der Waals surface area contributed by atoms with Gasteiger partial charge in [0.1, 0.15) is 17.8 Å². The Balaban J connectivity index is 2.12. The number of rotatable bonds is 9. The van der Waals surface area contributed by atoms with Crippen LogP contribution in [0.15, 0.2) is 54.6 Å². The third kappa shape index (κ3) is 6.31. The van der Waals surface area contributed by atoms with Crippen LogP contribution < -0.4 is 10.6 Å². The summed E-state index contributed by atoms with van der Waals surface area (Å²) in [6, 6.07) is 11.5. The molecule has 0 aliphatic rings. The molecular formula is C21H23FN2O5. The van der Waals surface area contributed by atoms with Crippen molar-refractivity contribution in [1.82, 2.24) is 10.6 Å². The van der Waals surface area contributed by atoms with E-state index < -0.39 is 42.5 Å². The predicted octanol–water partition coefficient (Wildman–Crippen LogP) is 1.91. The van der Waals surface area contributed by atoms with Crippen LogP contribution in [-0.2, 0) is 16.0 Å². The minimum Gasteiger partial charge on any atom is -0.508 e. The standard InChI is InChI=1S/C21H23FN2O5/c1-13(12-22)18(24-19(26)15-5-3-2-4-6-15)20(27)23-17(21(28)29)11-14-7-9-16(25)10-8-14/h2-10,13,17-18,25H,11-12H2,1H3,(H,23,27)(H,24,26)(H,28,29)/t13?,17-,18+/m0/s1. The van der Waals surface area contributed by atoms with Gasteiger partial charge >= 0.3 is 5.97 Å². The molecule has 8 heteroatoms. The molecule has 3 atom stereocenters. The summed E-state index contributed by atoms with van der Waals surface area (Å²) in [5, 5.41) is 23.6. The average Bonchev–Trinajstić information content (AvgIpc) is 2.72. The molecule has 7 nitrogen and oxygen atoms in total. The number of aromatic hydroxyl groups is 1. The fourth-order valence-corrected chi connectivity index (χ4v) is 2.70. The average molecular weight is 402 g/mol. The summed E-state index contributed by atoms with van der Waals surface area (Å²) < 4.78 is 13.3. The highest BCUT2D eigenvalue weighted by atomic mass is 19.1. The number of phenols is 1. The fourth-order valence-electron chi connectivity index (χ4n) is 2.70. The van der Waals surface area contributed by atoms with Gasteiger partial charge in [-0.2, -0.15) is 0 Å². The molecule has 2 aromatic carbocycles. The maximum Gasteiger partial charge on any atom is 0.326 e. The molecule has 0 heterocycles.